The summed E-state index contributed by atoms with van der Waals surface area (Å²) in [6.45, 7) is 0.958. The van der Waals surface area contributed by atoms with Crippen molar-refractivity contribution in [1.82, 2.24) is 20.4 Å². The third-order valence-electron chi connectivity index (χ3n) is 4.44. The van der Waals surface area contributed by atoms with Gasteiger partial charge in [0.2, 0.25) is 5.91 Å². The van der Waals surface area contributed by atoms with E-state index in [4.69, 9.17) is 0 Å². The van der Waals surface area contributed by atoms with E-state index in [1.165, 1.54) is 12.8 Å². The molecular formula is C19H24N4O2. The van der Waals surface area contributed by atoms with E-state index in [1.807, 2.05) is 30.3 Å². The third kappa shape index (κ3) is 5.17. The molecule has 1 aromatic carbocycles. The van der Waals surface area contributed by atoms with Crippen LogP contribution in [0.4, 0.5) is 0 Å². The van der Waals surface area contributed by atoms with Crippen molar-refractivity contribution in [2.24, 2.45) is 0 Å². The molecule has 0 atom stereocenters. The molecule has 0 saturated heterocycles. The number of benzene rings is 1. The quantitative estimate of drug-likeness (QED) is 0.810. The number of amides is 2. The zero-order valence-corrected chi connectivity index (χ0v) is 14.3. The highest BCUT2D eigenvalue weighted by molar-refractivity contribution is 5.93. The van der Waals surface area contributed by atoms with Gasteiger partial charge in [0.05, 0.1) is 18.3 Å². The number of hydrogen-bond acceptors (Lipinski definition) is 3. The summed E-state index contributed by atoms with van der Waals surface area (Å²) < 4.78 is 1.73. The summed E-state index contributed by atoms with van der Waals surface area (Å²) in [5.41, 5.74) is 1.63. The number of carbonyl (C=O) groups is 2. The molecule has 0 bridgehead atoms. The normalized spacial score (nSPS) is 14.4. The van der Waals surface area contributed by atoms with Crippen LogP contribution in [0, 0.1) is 0 Å². The molecule has 2 amide bonds. The van der Waals surface area contributed by atoms with Crippen LogP contribution in [-0.2, 0) is 11.3 Å². The minimum atomic E-state index is -0.201. The molecule has 1 aliphatic rings. The van der Waals surface area contributed by atoms with E-state index in [1.54, 1.807) is 17.1 Å². The molecular weight excluding hydrogens is 316 g/mol. The first-order valence-electron chi connectivity index (χ1n) is 8.84. The lowest BCUT2D eigenvalue weighted by Gasteiger charge is -2.11. The average Bonchev–Trinajstić information content (AvgIpc) is 3.28. The van der Waals surface area contributed by atoms with Gasteiger partial charge in [0.25, 0.3) is 5.91 Å². The second kappa shape index (κ2) is 8.46. The van der Waals surface area contributed by atoms with Gasteiger partial charge in [-0.15, -0.1) is 0 Å². The average molecular weight is 340 g/mol. The molecule has 1 fully saturated rings. The van der Waals surface area contributed by atoms with Crippen molar-refractivity contribution >= 4 is 11.8 Å². The Morgan fingerprint density at radius 1 is 1.16 bits per heavy atom. The van der Waals surface area contributed by atoms with E-state index in [2.05, 4.69) is 15.7 Å². The maximum Gasteiger partial charge on any atom is 0.254 e. The number of nitrogens with zero attached hydrogens (tertiary/aromatic N) is 2. The Kier molecular flexibility index (Phi) is 5.82. The fraction of sp³-hybridized carbons (Fsp3) is 0.421. The monoisotopic (exact) mass is 340 g/mol. The van der Waals surface area contributed by atoms with Crippen molar-refractivity contribution in [2.75, 3.05) is 6.54 Å². The lowest BCUT2D eigenvalue weighted by atomic mass is 10.2. The first-order valence-corrected chi connectivity index (χ1v) is 8.84. The lowest BCUT2D eigenvalue weighted by Crippen LogP contribution is -2.35. The van der Waals surface area contributed by atoms with E-state index >= 15 is 0 Å². The van der Waals surface area contributed by atoms with E-state index in [-0.39, 0.29) is 11.8 Å². The fourth-order valence-corrected chi connectivity index (χ4v) is 3.10. The molecule has 2 N–H and O–H groups in total. The Morgan fingerprint density at radius 3 is 2.68 bits per heavy atom. The van der Waals surface area contributed by atoms with Crippen LogP contribution in [0.2, 0.25) is 0 Å². The molecule has 0 radical (unpaired) electrons. The maximum absolute atomic E-state index is 12.1. The van der Waals surface area contributed by atoms with E-state index in [0.717, 1.165) is 18.4 Å². The van der Waals surface area contributed by atoms with Crippen LogP contribution in [0.5, 0.6) is 0 Å². The van der Waals surface area contributed by atoms with Gasteiger partial charge in [0, 0.05) is 25.2 Å². The van der Waals surface area contributed by atoms with Gasteiger partial charge >= 0.3 is 0 Å². The van der Waals surface area contributed by atoms with Crippen molar-refractivity contribution in [3.8, 4) is 0 Å². The molecule has 2 aromatic rings. The maximum atomic E-state index is 12.1. The first kappa shape index (κ1) is 17.2. The van der Waals surface area contributed by atoms with Crippen LogP contribution in [-0.4, -0.2) is 34.2 Å². The van der Waals surface area contributed by atoms with Crippen LogP contribution in [0.3, 0.4) is 0 Å². The summed E-state index contributed by atoms with van der Waals surface area (Å²) in [5, 5.41) is 10.0. The highest BCUT2D eigenvalue weighted by Crippen LogP contribution is 2.17. The molecule has 1 saturated carbocycles. The second-order valence-corrected chi connectivity index (χ2v) is 6.47. The molecule has 1 heterocycles. The minimum Gasteiger partial charge on any atom is -0.353 e. The van der Waals surface area contributed by atoms with Crippen molar-refractivity contribution in [2.45, 2.75) is 44.7 Å². The first-order chi connectivity index (χ1) is 12.2. The molecule has 0 spiro atoms. The standard InChI is InChI=1S/C19H24N4O2/c24-18(22-17-8-4-5-9-17)10-11-20-19(25)16-12-21-23(14-16)13-15-6-2-1-3-7-15/h1-3,6-7,12,14,17H,4-5,8-11,13H2,(H,20,25)(H,22,24). The summed E-state index contributed by atoms with van der Waals surface area (Å²) in [6.07, 6.45) is 8.10. The van der Waals surface area contributed by atoms with Crippen molar-refractivity contribution in [3.05, 3.63) is 53.9 Å². The number of carbonyl (C=O) groups excluding carboxylic acids is 2. The largest absolute Gasteiger partial charge is 0.353 e. The topological polar surface area (TPSA) is 76.0 Å². The number of rotatable bonds is 7. The van der Waals surface area contributed by atoms with Crippen LogP contribution >= 0.6 is 0 Å². The zero-order valence-electron chi connectivity index (χ0n) is 14.3. The van der Waals surface area contributed by atoms with Gasteiger partial charge in [0.15, 0.2) is 0 Å². The fourth-order valence-electron chi connectivity index (χ4n) is 3.10. The summed E-state index contributed by atoms with van der Waals surface area (Å²) in [7, 11) is 0. The Labute approximate surface area is 147 Å². The minimum absolute atomic E-state index is 0.00646. The molecule has 132 valence electrons. The van der Waals surface area contributed by atoms with Gasteiger partial charge in [-0.05, 0) is 18.4 Å². The summed E-state index contributed by atoms with van der Waals surface area (Å²) in [5.74, 6) is -0.194. The van der Waals surface area contributed by atoms with Gasteiger partial charge in [0.1, 0.15) is 0 Å². The highest BCUT2D eigenvalue weighted by atomic mass is 16.2. The molecule has 3 rings (SSSR count). The molecule has 1 aromatic heterocycles. The Hall–Kier alpha value is -2.63. The summed E-state index contributed by atoms with van der Waals surface area (Å²) in [4.78, 5) is 24.0. The van der Waals surface area contributed by atoms with Crippen LogP contribution in [0.15, 0.2) is 42.7 Å². The van der Waals surface area contributed by atoms with Crippen LogP contribution in [0.1, 0.15) is 48.0 Å². The Bertz CT molecular complexity index is 705. The molecule has 6 heteroatoms. The SMILES string of the molecule is O=C(CCNC(=O)c1cnn(Cc2ccccc2)c1)NC1CCCC1. The summed E-state index contributed by atoms with van der Waals surface area (Å²) >= 11 is 0. The second-order valence-electron chi connectivity index (χ2n) is 6.47. The van der Waals surface area contributed by atoms with Crippen LogP contribution < -0.4 is 10.6 Å². The molecule has 1 aliphatic carbocycles. The number of hydrogen-bond donors (Lipinski definition) is 2. The lowest BCUT2D eigenvalue weighted by molar-refractivity contribution is -0.121. The molecule has 25 heavy (non-hydrogen) atoms. The van der Waals surface area contributed by atoms with Gasteiger partial charge in [-0.2, -0.15) is 5.10 Å². The predicted octanol–water partition coefficient (Wildman–Crippen LogP) is 2.11. The van der Waals surface area contributed by atoms with Crippen LogP contribution in [0.25, 0.3) is 0 Å². The van der Waals surface area contributed by atoms with Crippen molar-refractivity contribution in [1.29, 1.82) is 0 Å². The van der Waals surface area contributed by atoms with Gasteiger partial charge in [-0.3, -0.25) is 14.3 Å². The zero-order chi connectivity index (χ0) is 17.5. The Balaban J connectivity index is 1.41. The predicted molar refractivity (Wildman–Crippen MR) is 95.1 cm³/mol. The van der Waals surface area contributed by atoms with Crippen molar-refractivity contribution < 1.29 is 9.59 Å². The van der Waals surface area contributed by atoms with Crippen molar-refractivity contribution in [3.63, 3.8) is 0 Å². The Morgan fingerprint density at radius 2 is 1.92 bits per heavy atom. The number of nitrogens with one attached hydrogen (secondary N) is 2. The third-order valence-corrected chi connectivity index (χ3v) is 4.44. The van der Waals surface area contributed by atoms with Gasteiger partial charge in [-0.25, -0.2) is 0 Å². The van der Waals surface area contributed by atoms with Gasteiger partial charge in [-0.1, -0.05) is 43.2 Å². The van der Waals surface area contributed by atoms with E-state index in [9.17, 15) is 9.59 Å². The molecule has 6 nitrogen and oxygen atoms in total. The van der Waals surface area contributed by atoms with Gasteiger partial charge < -0.3 is 10.6 Å². The highest BCUT2D eigenvalue weighted by Gasteiger charge is 2.17. The van der Waals surface area contributed by atoms with E-state index in [0.29, 0.717) is 31.1 Å². The molecule has 0 aliphatic heterocycles. The molecule has 0 unspecified atom stereocenters. The van der Waals surface area contributed by atoms with E-state index < -0.39 is 0 Å². The number of aromatic nitrogens is 2. The smallest absolute Gasteiger partial charge is 0.254 e. The summed E-state index contributed by atoms with van der Waals surface area (Å²) in [6, 6.07) is 10.3.